The van der Waals surface area contributed by atoms with Crippen molar-refractivity contribution in [1.29, 1.82) is 0 Å². The van der Waals surface area contributed by atoms with Gasteiger partial charge in [0, 0.05) is 18.2 Å². The van der Waals surface area contributed by atoms with E-state index in [0.717, 1.165) is 5.69 Å². The van der Waals surface area contributed by atoms with Gasteiger partial charge in [-0.2, -0.15) is 0 Å². The van der Waals surface area contributed by atoms with Crippen LogP contribution in [-0.2, 0) is 0 Å². The molecule has 0 aliphatic heterocycles. The van der Waals surface area contributed by atoms with Gasteiger partial charge in [0.2, 0.25) is 5.89 Å². The Hall–Kier alpha value is -2.17. The third-order valence-corrected chi connectivity index (χ3v) is 2.75. The van der Waals surface area contributed by atoms with Gasteiger partial charge in [0.1, 0.15) is 0 Å². The van der Waals surface area contributed by atoms with Gasteiger partial charge < -0.3 is 9.32 Å². The van der Waals surface area contributed by atoms with Gasteiger partial charge in [-0.3, -0.25) is 4.79 Å². The maximum Gasteiger partial charge on any atom is 0.315 e. The Labute approximate surface area is 112 Å². The van der Waals surface area contributed by atoms with Gasteiger partial charge in [-0.15, -0.1) is 10.2 Å². The summed E-state index contributed by atoms with van der Waals surface area (Å²) in [5.41, 5.74) is 0.819. The number of anilines is 1. The molecule has 0 unspecified atom stereocenters. The van der Waals surface area contributed by atoms with Crippen LogP contribution >= 0.6 is 0 Å². The van der Waals surface area contributed by atoms with E-state index in [9.17, 15) is 4.79 Å². The molecule has 0 saturated carbocycles. The highest BCUT2D eigenvalue weighted by Crippen LogP contribution is 2.18. The highest BCUT2D eigenvalue weighted by molar-refractivity contribution is 6.02. The highest BCUT2D eigenvalue weighted by atomic mass is 16.4. The summed E-state index contributed by atoms with van der Waals surface area (Å²) in [4.78, 5) is 14.0. The van der Waals surface area contributed by atoms with Gasteiger partial charge in [0.15, 0.2) is 0 Å². The number of benzene rings is 1. The molecule has 100 valence electrons. The molecule has 2 rings (SSSR count). The van der Waals surface area contributed by atoms with Crippen LogP contribution in [0.1, 0.15) is 43.3 Å². The van der Waals surface area contributed by atoms with Gasteiger partial charge in [0.05, 0.1) is 0 Å². The van der Waals surface area contributed by atoms with Crippen LogP contribution in [0.5, 0.6) is 0 Å². The molecule has 5 heteroatoms. The molecular formula is C14H17N3O2. The predicted molar refractivity (Wildman–Crippen MR) is 72.2 cm³/mol. The third-order valence-electron chi connectivity index (χ3n) is 2.75. The van der Waals surface area contributed by atoms with Crippen molar-refractivity contribution in [2.24, 2.45) is 0 Å². The van der Waals surface area contributed by atoms with Crippen LogP contribution in [0.3, 0.4) is 0 Å². The Kier molecular flexibility index (Phi) is 3.94. The number of hydrogen-bond donors (Lipinski definition) is 0. The first kappa shape index (κ1) is 13.3. The van der Waals surface area contributed by atoms with E-state index in [2.05, 4.69) is 10.2 Å². The highest BCUT2D eigenvalue weighted by Gasteiger charge is 2.22. The van der Waals surface area contributed by atoms with Crippen molar-refractivity contribution in [3.05, 3.63) is 42.1 Å². The number of carbonyl (C=O) groups is 1. The standard InChI is InChI=1S/C14H17N3O2/c1-4-17(11-8-6-5-7-9-11)14(18)13-16-15-12(19-13)10(2)3/h5-10H,4H2,1-3H3. The minimum absolute atomic E-state index is 0.0365. The molecule has 2 aromatic rings. The Bertz CT molecular complexity index is 549. The minimum atomic E-state index is -0.270. The van der Waals surface area contributed by atoms with E-state index >= 15 is 0 Å². The number of para-hydroxylation sites is 1. The fraction of sp³-hybridized carbons (Fsp3) is 0.357. The fourth-order valence-corrected chi connectivity index (χ4v) is 1.72. The monoisotopic (exact) mass is 259 g/mol. The van der Waals surface area contributed by atoms with Crippen LogP contribution in [0.15, 0.2) is 34.7 Å². The lowest BCUT2D eigenvalue weighted by atomic mass is 10.2. The number of rotatable bonds is 4. The number of amides is 1. The zero-order valence-electron chi connectivity index (χ0n) is 11.3. The molecule has 0 bridgehead atoms. The number of aromatic nitrogens is 2. The van der Waals surface area contributed by atoms with Crippen LogP contribution < -0.4 is 4.90 Å². The Balaban J connectivity index is 2.26. The molecule has 19 heavy (non-hydrogen) atoms. The van der Waals surface area contributed by atoms with Crippen molar-refractivity contribution in [2.45, 2.75) is 26.7 Å². The molecule has 1 aromatic carbocycles. The van der Waals surface area contributed by atoms with Crippen molar-refractivity contribution in [2.75, 3.05) is 11.4 Å². The Morgan fingerprint density at radius 1 is 1.26 bits per heavy atom. The molecule has 5 nitrogen and oxygen atoms in total. The van der Waals surface area contributed by atoms with Gasteiger partial charge in [-0.1, -0.05) is 32.0 Å². The van der Waals surface area contributed by atoms with Crippen molar-refractivity contribution >= 4 is 11.6 Å². The summed E-state index contributed by atoms with van der Waals surface area (Å²) < 4.78 is 5.40. The Morgan fingerprint density at radius 2 is 1.95 bits per heavy atom. The zero-order valence-corrected chi connectivity index (χ0v) is 11.3. The molecule has 1 amide bonds. The van der Waals surface area contributed by atoms with E-state index in [1.807, 2.05) is 51.1 Å². The molecule has 0 aliphatic carbocycles. The molecule has 0 spiro atoms. The lowest BCUT2D eigenvalue weighted by molar-refractivity contribution is 0.0953. The van der Waals surface area contributed by atoms with Crippen LogP contribution in [-0.4, -0.2) is 22.6 Å². The van der Waals surface area contributed by atoms with Crippen molar-refractivity contribution in [1.82, 2.24) is 10.2 Å². The second-order valence-corrected chi connectivity index (χ2v) is 4.49. The third kappa shape index (κ3) is 2.81. The fourth-order valence-electron chi connectivity index (χ4n) is 1.72. The van der Waals surface area contributed by atoms with Gasteiger partial charge in [-0.25, -0.2) is 0 Å². The van der Waals surface area contributed by atoms with Gasteiger partial charge in [-0.05, 0) is 19.1 Å². The summed E-state index contributed by atoms with van der Waals surface area (Å²) in [5, 5.41) is 7.71. The van der Waals surface area contributed by atoms with Crippen LogP contribution in [0, 0.1) is 0 Å². The first-order valence-electron chi connectivity index (χ1n) is 6.33. The van der Waals surface area contributed by atoms with E-state index in [1.165, 1.54) is 0 Å². The second-order valence-electron chi connectivity index (χ2n) is 4.49. The van der Waals surface area contributed by atoms with Crippen molar-refractivity contribution in [3.63, 3.8) is 0 Å². The molecule has 0 saturated heterocycles. The van der Waals surface area contributed by atoms with E-state index in [4.69, 9.17) is 4.42 Å². The average molecular weight is 259 g/mol. The van der Waals surface area contributed by atoms with Crippen LogP contribution in [0.25, 0.3) is 0 Å². The van der Waals surface area contributed by atoms with Crippen molar-refractivity contribution in [3.8, 4) is 0 Å². The number of hydrogen-bond acceptors (Lipinski definition) is 4. The first-order valence-corrected chi connectivity index (χ1v) is 6.33. The summed E-state index contributed by atoms with van der Waals surface area (Å²) >= 11 is 0. The first-order chi connectivity index (χ1) is 9.13. The van der Waals surface area contributed by atoms with E-state index in [0.29, 0.717) is 12.4 Å². The van der Waals surface area contributed by atoms with E-state index in [1.54, 1.807) is 4.90 Å². The largest absolute Gasteiger partial charge is 0.417 e. The Morgan fingerprint density at radius 3 is 2.47 bits per heavy atom. The molecule has 0 atom stereocenters. The molecule has 1 heterocycles. The summed E-state index contributed by atoms with van der Waals surface area (Å²) in [6, 6.07) is 9.44. The molecule has 0 N–H and O–H groups in total. The minimum Gasteiger partial charge on any atom is -0.417 e. The molecular weight excluding hydrogens is 242 g/mol. The van der Waals surface area contributed by atoms with Gasteiger partial charge >= 0.3 is 11.8 Å². The van der Waals surface area contributed by atoms with E-state index < -0.39 is 0 Å². The van der Waals surface area contributed by atoms with Crippen LogP contribution in [0.2, 0.25) is 0 Å². The van der Waals surface area contributed by atoms with E-state index in [-0.39, 0.29) is 17.7 Å². The number of carbonyl (C=O) groups excluding carboxylic acids is 1. The van der Waals surface area contributed by atoms with Crippen molar-refractivity contribution < 1.29 is 9.21 Å². The molecule has 0 fully saturated rings. The average Bonchev–Trinajstić information content (AvgIpc) is 2.90. The SMILES string of the molecule is CCN(C(=O)c1nnc(C(C)C)o1)c1ccccc1. The van der Waals surface area contributed by atoms with Crippen LogP contribution in [0.4, 0.5) is 5.69 Å². The summed E-state index contributed by atoms with van der Waals surface area (Å²) in [7, 11) is 0. The summed E-state index contributed by atoms with van der Waals surface area (Å²) in [6.07, 6.45) is 0. The topological polar surface area (TPSA) is 59.2 Å². The molecule has 0 radical (unpaired) electrons. The lowest BCUT2D eigenvalue weighted by Gasteiger charge is -2.18. The zero-order chi connectivity index (χ0) is 13.8. The maximum atomic E-state index is 12.3. The lowest BCUT2D eigenvalue weighted by Crippen LogP contribution is -2.30. The quantitative estimate of drug-likeness (QED) is 0.847. The summed E-state index contributed by atoms with van der Waals surface area (Å²) in [5.74, 6) is 0.357. The second kappa shape index (κ2) is 5.65. The maximum absolute atomic E-state index is 12.3. The van der Waals surface area contributed by atoms with Gasteiger partial charge in [0.25, 0.3) is 0 Å². The molecule has 0 aliphatic rings. The molecule has 1 aromatic heterocycles. The predicted octanol–water partition coefficient (Wildman–Crippen LogP) is 2.86. The summed E-state index contributed by atoms with van der Waals surface area (Å²) in [6.45, 7) is 6.33. The number of nitrogens with zero attached hydrogens (tertiary/aromatic N) is 3. The smallest absolute Gasteiger partial charge is 0.315 e. The normalized spacial score (nSPS) is 10.7.